The number of aryl methyl sites for hydroxylation is 1. The molecule has 1 aliphatic rings. The van der Waals surface area contributed by atoms with Crippen LogP contribution in [0.15, 0.2) is 18.2 Å². The third-order valence-corrected chi connectivity index (χ3v) is 3.47. The van der Waals surface area contributed by atoms with Gasteiger partial charge in [0.25, 0.3) is 0 Å². The largest absolute Gasteiger partial charge is 0.389 e. The van der Waals surface area contributed by atoms with E-state index in [-0.39, 0.29) is 0 Å². The lowest BCUT2D eigenvalue weighted by Crippen LogP contribution is -2.22. The minimum Gasteiger partial charge on any atom is -0.389 e. The topological polar surface area (TPSA) is 38.0 Å². The zero-order chi connectivity index (χ0) is 11.5. The molecule has 0 atom stereocenters. The second-order valence-electron chi connectivity index (χ2n) is 4.59. The van der Waals surface area contributed by atoms with E-state index in [1.807, 2.05) is 6.07 Å². The number of benzene rings is 1. The van der Waals surface area contributed by atoms with Crippen molar-refractivity contribution < 1.29 is 0 Å². The Morgan fingerprint density at radius 2 is 2.25 bits per heavy atom. The summed E-state index contributed by atoms with van der Waals surface area (Å²) in [6, 6.07) is 6.21. The quantitative estimate of drug-likeness (QED) is 0.787. The lowest BCUT2D eigenvalue weighted by Gasteiger charge is -2.26. The lowest BCUT2D eigenvalue weighted by atomic mass is 9.85. The first kappa shape index (κ1) is 11.4. The van der Waals surface area contributed by atoms with Crippen LogP contribution in [0.25, 0.3) is 0 Å². The first-order valence-electron chi connectivity index (χ1n) is 5.81. The van der Waals surface area contributed by atoms with Gasteiger partial charge in [0.15, 0.2) is 0 Å². The van der Waals surface area contributed by atoms with Crippen molar-refractivity contribution in [3.05, 3.63) is 29.3 Å². The van der Waals surface area contributed by atoms with Crippen LogP contribution in [0.3, 0.4) is 0 Å². The standard InChI is InChI=1S/C13H18N2S/c1-9-5-6-12(11(7-9)13(14)16)15-8-10-3-2-4-10/h5-7,10,15H,2-4,8H2,1H3,(H2,14,16). The van der Waals surface area contributed by atoms with Gasteiger partial charge in [0.2, 0.25) is 0 Å². The molecule has 0 amide bonds. The fourth-order valence-electron chi connectivity index (χ4n) is 1.97. The number of nitrogens with two attached hydrogens (primary N) is 1. The highest BCUT2D eigenvalue weighted by molar-refractivity contribution is 7.80. The third-order valence-electron chi connectivity index (χ3n) is 3.25. The maximum Gasteiger partial charge on any atom is 0.106 e. The molecule has 0 bridgehead atoms. The smallest absolute Gasteiger partial charge is 0.106 e. The zero-order valence-corrected chi connectivity index (χ0v) is 10.4. The third kappa shape index (κ3) is 2.53. The number of anilines is 1. The summed E-state index contributed by atoms with van der Waals surface area (Å²) < 4.78 is 0. The van der Waals surface area contributed by atoms with Crippen molar-refractivity contribution in [1.29, 1.82) is 0 Å². The molecule has 0 unspecified atom stereocenters. The summed E-state index contributed by atoms with van der Waals surface area (Å²) in [5, 5.41) is 3.46. The average Bonchev–Trinajstić information content (AvgIpc) is 2.17. The van der Waals surface area contributed by atoms with Crippen molar-refractivity contribution in [2.24, 2.45) is 11.7 Å². The van der Waals surface area contributed by atoms with Gasteiger partial charge in [-0.3, -0.25) is 0 Å². The molecular formula is C13H18N2S. The first-order chi connectivity index (χ1) is 7.66. The molecule has 0 aliphatic heterocycles. The van der Waals surface area contributed by atoms with Gasteiger partial charge >= 0.3 is 0 Å². The van der Waals surface area contributed by atoms with Crippen molar-refractivity contribution in [2.75, 3.05) is 11.9 Å². The number of thiocarbonyl (C=S) groups is 1. The molecule has 1 aliphatic carbocycles. The molecule has 2 rings (SSSR count). The SMILES string of the molecule is Cc1ccc(NCC2CCC2)c(C(N)=S)c1. The molecule has 1 aromatic rings. The summed E-state index contributed by atoms with van der Waals surface area (Å²) in [4.78, 5) is 0.472. The van der Waals surface area contributed by atoms with Crippen LogP contribution in [0.1, 0.15) is 30.4 Å². The Hall–Kier alpha value is -1.09. The van der Waals surface area contributed by atoms with Gasteiger partial charge in [0, 0.05) is 17.8 Å². The molecule has 1 fully saturated rings. The fourth-order valence-corrected chi connectivity index (χ4v) is 2.14. The van der Waals surface area contributed by atoms with Crippen LogP contribution in [0.5, 0.6) is 0 Å². The van der Waals surface area contributed by atoms with E-state index in [0.717, 1.165) is 23.7 Å². The number of hydrogen-bond donors (Lipinski definition) is 2. The second-order valence-corrected chi connectivity index (χ2v) is 5.03. The van der Waals surface area contributed by atoms with Crippen molar-refractivity contribution >= 4 is 22.9 Å². The van der Waals surface area contributed by atoms with Gasteiger partial charge in [0.1, 0.15) is 4.99 Å². The molecule has 0 heterocycles. The van der Waals surface area contributed by atoms with Gasteiger partial charge in [-0.2, -0.15) is 0 Å². The molecule has 0 radical (unpaired) electrons. The normalized spacial score (nSPS) is 15.6. The van der Waals surface area contributed by atoms with Gasteiger partial charge < -0.3 is 11.1 Å². The predicted octanol–water partition coefficient (Wildman–Crippen LogP) is 2.84. The predicted molar refractivity (Wildman–Crippen MR) is 72.9 cm³/mol. The van der Waals surface area contributed by atoms with Crippen LogP contribution in [0, 0.1) is 12.8 Å². The highest BCUT2D eigenvalue weighted by Gasteiger charge is 2.17. The maximum absolute atomic E-state index is 5.73. The summed E-state index contributed by atoms with van der Waals surface area (Å²) in [6.45, 7) is 3.09. The van der Waals surface area contributed by atoms with E-state index >= 15 is 0 Å². The van der Waals surface area contributed by atoms with Gasteiger partial charge in [-0.1, -0.05) is 30.3 Å². The van der Waals surface area contributed by atoms with Crippen LogP contribution in [0.4, 0.5) is 5.69 Å². The van der Waals surface area contributed by atoms with Crippen LogP contribution in [-0.4, -0.2) is 11.5 Å². The Kier molecular flexibility index (Phi) is 3.44. The minimum atomic E-state index is 0.472. The van der Waals surface area contributed by atoms with Gasteiger partial charge in [-0.15, -0.1) is 0 Å². The highest BCUT2D eigenvalue weighted by atomic mass is 32.1. The van der Waals surface area contributed by atoms with Crippen LogP contribution >= 0.6 is 12.2 Å². The molecule has 3 N–H and O–H groups in total. The Bertz CT molecular complexity index is 397. The van der Waals surface area contributed by atoms with Crippen LogP contribution < -0.4 is 11.1 Å². The van der Waals surface area contributed by atoms with Crippen LogP contribution in [0.2, 0.25) is 0 Å². The Balaban J connectivity index is 2.08. The summed E-state index contributed by atoms with van der Waals surface area (Å²) in [5.41, 5.74) is 8.96. The zero-order valence-electron chi connectivity index (χ0n) is 9.62. The van der Waals surface area contributed by atoms with Gasteiger partial charge in [-0.05, 0) is 37.8 Å². The summed E-state index contributed by atoms with van der Waals surface area (Å²) in [6.07, 6.45) is 4.07. The molecule has 16 heavy (non-hydrogen) atoms. The van der Waals surface area contributed by atoms with E-state index in [1.165, 1.54) is 24.8 Å². The number of hydrogen-bond acceptors (Lipinski definition) is 2. The number of nitrogens with one attached hydrogen (secondary N) is 1. The van der Waals surface area contributed by atoms with E-state index in [0.29, 0.717) is 4.99 Å². The molecule has 1 aromatic carbocycles. The van der Waals surface area contributed by atoms with Crippen molar-refractivity contribution in [1.82, 2.24) is 0 Å². The molecular weight excluding hydrogens is 216 g/mol. The van der Waals surface area contributed by atoms with E-state index in [9.17, 15) is 0 Å². The summed E-state index contributed by atoms with van der Waals surface area (Å²) >= 11 is 5.07. The Morgan fingerprint density at radius 3 is 2.81 bits per heavy atom. The molecule has 1 saturated carbocycles. The fraction of sp³-hybridized carbons (Fsp3) is 0.462. The van der Waals surface area contributed by atoms with Crippen molar-refractivity contribution in [3.63, 3.8) is 0 Å². The molecule has 0 aromatic heterocycles. The van der Waals surface area contributed by atoms with E-state index in [2.05, 4.69) is 24.4 Å². The van der Waals surface area contributed by atoms with Crippen LogP contribution in [-0.2, 0) is 0 Å². The molecule has 86 valence electrons. The summed E-state index contributed by atoms with van der Waals surface area (Å²) in [7, 11) is 0. The van der Waals surface area contributed by atoms with Crippen molar-refractivity contribution in [3.8, 4) is 0 Å². The Labute approximate surface area is 102 Å². The van der Waals surface area contributed by atoms with E-state index in [1.54, 1.807) is 0 Å². The second kappa shape index (κ2) is 4.83. The lowest BCUT2D eigenvalue weighted by molar-refractivity contribution is 0.333. The van der Waals surface area contributed by atoms with Gasteiger partial charge in [-0.25, -0.2) is 0 Å². The number of rotatable bonds is 4. The Morgan fingerprint density at radius 1 is 1.50 bits per heavy atom. The monoisotopic (exact) mass is 234 g/mol. The molecule has 3 heteroatoms. The summed E-state index contributed by atoms with van der Waals surface area (Å²) in [5.74, 6) is 0.834. The van der Waals surface area contributed by atoms with Crippen molar-refractivity contribution in [2.45, 2.75) is 26.2 Å². The average molecular weight is 234 g/mol. The molecule has 0 spiro atoms. The molecule has 0 saturated heterocycles. The highest BCUT2D eigenvalue weighted by Crippen LogP contribution is 2.27. The van der Waals surface area contributed by atoms with E-state index < -0.39 is 0 Å². The minimum absolute atomic E-state index is 0.472. The molecule has 2 nitrogen and oxygen atoms in total. The maximum atomic E-state index is 5.73. The van der Waals surface area contributed by atoms with E-state index in [4.69, 9.17) is 18.0 Å². The first-order valence-corrected chi connectivity index (χ1v) is 6.22. The van der Waals surface area contributed by atoms with Gasteiger partial charge in [0.05, 0.1) is 0 Å².